The van der Waals surface area contributed by atoms with Crippen molar-refractivity contribution >= 4 is 27.5 Å². The first kappa shape index (κ1) is 14.4. The first-order valence-electron chi connectivity index (χ1n) is 5.90. The zero-order chi connectivity index (χ0) is 13.7. The van der Waals surface area contributed by atoms with Gasteiger partial charge in [-0.15, -0.1) is 0 Å². The number of hydrogen-bond acceptors (Lipinski definition) is 1. The van der Waals surface area contributed by atoms with Gasteiger partial charge in [-0.1, -0.05) is 63.9 Å². The van der Waals surface area contributed by atoms with Crippen molar-refractivity contribution in [1.82, 2.24) is 0 Å². The van der Waals surface area contributed by atoms with Crippen molar-refractivity contribution in [3.63, 3.8) is 0 Å². The van der Waals surface area contributed by atoms with Gasteiger partial charge in [-0.2, -0.15) is 0 Å². The van der Waals surface area contributed by atoms with Gasteiger partial charge in [-0.05, 0) is 17.7 Å². The molecule has 0 fully saturated rings. The van der Waals surface area contributed by atoms with Crippen molar-refractivity contribution in [3.8, 4) is 5.75 Å². The molecule has 0 aliphatic carbocycles. The lowest BCUT2D eigenvalue weighted by Crippen LogP contribution is -2.12. The van der Waals surface area contributed by atoms with Crippen molar-refractivity contribution in [2.24, 2.45) is 0 Å². The molecule has 0 spiro atoms. The zero-order valence-electron chi connectivity index (χ0n) is 10.2. The Balaban J connectivity index is 2.06. The van der Waals surface area contributed by atoms with E-state index in [0.29, 0.717) is 6.61 Å². The Labute approximate surface area is 125 Å². The standard InChI is InChI=1S/C15H13BrClFO/c16-9-12(11-5-2-1-3-6-11)10-19-14-8-4-7-13(17)15(14)18/h1-8,12H,9-10H2. The van der Waals surface area contributed by atoms with E-state index in [2.05, 4.69) is 15.9 Å². The molecule has 0 amide bonds. The molecule has 1 unspecified atom stereocenters. The number of ether oxygens (including phenoxy) is 1. The molecule has 0 N–H and O–H groups in total. The largest absolute Gasteiger partial charge is 0.490 e. The van der Waals surface area contributed by atoms with E-state index < -0.39 is 5.82 Å². The summed E-state index contributed by atoms with van der Waals surface area (Å²) in [6.07, 6.45) is 0. The highest BCUT2D eigenvalue weighted by molar-refractivity contribution is 9.09. The summed E-state index contributed by atoms with van der Waals surface area (Å²) in [5, 5.41) is 0.826. The Bertz CT molecular complexity index is 533. The number of benzene rings is 2. The summed E-state index contributed by atoms with van der Waals surface area (Å²) < 4.78 is 19.2. The van der Waals surface area contributed by atoms with Crippen LogP contribution in [0, 0.1) is 5.82 Å². The molecule has 0 aliphatic heterocycles. The van der Waals surface area contributed by atoms with Gasteiger partial charge in [-0.25, -0.2) is 4.39 Å². The van der Waals surface area contributed by atoms with Crippen LogP contribution in [0.25, 0.3) is 0 Å². The highest BCUT2D eigenvalue weighted by Crippen LogP contribution is 2.26. The van der Waals surface area contributed by atoms with Crippen molar-refractivity contribution in [2.75, 3.05) is 11.9 Å². The van der Waals surface area contributed by atoms with E-state index in [0.717, 1.165) is 10.9 Å². The Morgan fingerprint density at radius 2 is 1.84 bits per heavy atom. The fourth-order valence-corrected chi connectivity index (χ4v) is 2.47. The van der Waals surface area contributed by atoms with E-state index in [1.54, 1.807) is 12.1 Å². The second-order valence-electron chi connectivity index (χ2n) is 4.12. The van der Waals surface area contributed by atoms with Gasteiger partial charge >= 0.3 is 0 Å². The molecule has 0 aliphatic rings. The topological polar surface area (TPSA) is 9.23 Å². The highest BCUT2D eigenvalue weighted by Gasteiger charge is 2.13. The van der Waals surface area contributed by atoms with Crippen molar-refractivity contribution < 1.29 is 9.13 Å². The molecule has 0 saturated heterocycles. The van der Waals surface area contributed by atoms with Gasteiger partial charge in [0.15, 0.2) is 11.6 Å². The van der Waals surface area contributed by atoms with Crippen LogP contribution in [0.4, 0.5) is 4.39 Å². The van der Waals surface area contributed by atoms with Crippen LogP contribution >= 0.6 is 27.5 Å². The van der Waals surface area contributed by atoms with Gasteiger partial charge < -0.3 is 4.74 Å². The second kappa shape index (κ2) is 6.92. The lowest BCUT2D eigenvalue weighted by molar-refractivity contribution is 0.284. The van der Waals surface area contributed by atoms with E-state index in [4.69, 9.17) is 16.3 Å². The predicted octanol–water partition coefficient (Wildman–Crippen LogP) is 5.04. The van der Waals surface area contributed by atoms with Gasteiger partial charge in [-0.3, -0.25) is 0 Å². The lowest BCUT2D eigenvalue weighted by Gasteiger charge is -2.16. The summed E-state index contributed by atoms with van der Waals surface area (Å²) in [5.74, 6) is -0.153. The third kappa shape index (κ3) is 3.71. The minimum absolute atomic E-state index is 0.0765. The summed E-state index contributed by atoms with van der Waals surface area (Å²) in [7, 11) is 0. The first-order chi connectivity index (χ1) is 9.22. The average Bonchev–Trinajstić information content (AvgIpc) is 2.45. The molecule has 0 radical (unpaired) electrons. The van der Waals surface area contributed by atoms with Gasteiger partial charge in [0.2, 0.25) is 0 Å². The summed E-state index contributed by atoms with van der Waals surface area (Å²) in [5.41, 5.74) is 1.15. The molecular formula is C15H13BrClFO. The summed E-state index contributed by atoms with van der Waals surface area (Å²) in [6.45, 7) is 0.395. The Hall–Kier alpha value is -1.06. The first-order valence-corrected chi connectivity index (χ1v) is 7.40. The molecule has 0 bridgehead atoms. The van der Waals surface area contributed by atoms with E-state index in [1.165, 1.54) is 6.07 Å². The van der Waals surface area contributed by atoms with E-state index in [-0.39, 0.29) is 16.7 Å². The monoisotopic (exact) mass is 342 g/mol. The molecule has 0 aromatic heterocycles. The fraction of sp³-hybridized carbons (Fsp3) is 0.200. The minimum Gasteiger partial charge on any atom is -0.490 e. The molecule has 2 rings (SSSR count). The van der Waals surface area contributed by atoms with Gasteiger partial charge in [0.1, 0.15) is 0 Å². The molecular weight excluding hydrogens is 331 g/mol. The molecule has 1 nitrogen and oxygen atoms in total. The molecule has 19 heavy (non-hydrogen) atoms. The van der Waals surface area contributed by atoms with E-state index >= 15 is 0 Å². The van der Waals surface area contributed by atoms with Crippen LogP contribution in [0.2, 0.25) is 5.02 Å². The maximum atomic E-state index is 13.7. The quantitative estimate of drug-likeness (QED) is 0.691. The van der Waals surface area contributed by atoms with Crippen LogP contribution < -0.4 is 4.74 Å². The third-order valence-corrected chi connectivity index (χ3v) is 3.89. The van der Waals surface area contributed by atoms with Crippen molar-refractivity contribution in [3.05, 3.63) is 64.9 Å². The minimum atomic E-state index is -0.509. The Morgan fingerprint density at radius 1 is 1.11 bits per heavy atom. The van der Waals surface area contributed by atoms with Crippen LogP contribution in [0.1, 0.15) is 11.5 Å². The maximum absolute atomic E-state index is 13.7. The van der Waals surface area contributed by atoms with Crippen LogP contribution in [0.15, 0.2) is 48.5 Å². The number of halogens is 3. The molecule has 100 valence electrons. The zero-order valence-corrected chi connectivity index (χ0v) is 12.5. The lowest BCUT2D eigenvalue weighted by atomic mass is 10.0. The number of hydrogen-bond donors (Lipinski definition) is 0. The smallest absolute Gasteiger partial charge is 0.183 e. The van der Waals surface area contributed by atoms with Crippen LogP contribution in [-0.4, -0.2) is 11.9 Å². The van der Waals surface area contributed by atoms with Crippen LogP contribution in [0.3, 0.4) is 0 Å². The summed E-state index contributed by atoms with van der Waals surface area (Å²) in [6, 6.07) is 14.7. The molecule has 0 saturated carbocycles. The summed E-state index contributed by atoms with van der Waals surface area (Å²) >= 11 is 9.18. The maximum Gasteiger partial charge on any atom is 0.183 e. The van der Waals surface area contributed by atoms with Crippen LogP contribution in [-0.2, 0) is 0 Å². The average molecular weight is 344 g/mol. The van der Waals surface area contributed by atoms with Crippen molar-refractivity contribution in [2.45, 2.75) is 5.92 Å². The molecule has 0 heterocycles. The van der Waals surface area contributed by atoms with E-state index in [9.17, 15) is 4.39 Å². The highest BCUT2D eigenvalue weighted by atomic mass is 79.9. The Morgan fingerprint density at radius 3 is 2.53 bits per heavy atom. The van der Waals surface area contributed by atoms with Crippen molar-refractivity contribution in [1.29, 1.82) is 0 Å². The normalized spacial score (nSPS) is 12.2. The fourth-order valence-electron chi connectivity index (χ4n) is 1.74. The second-order valence-corrected chi connectivity index (χ2v) is 5.18. The van der Waals surface area contributed by atoms with E-state index in [1.807, 2.05) is 30.3 Å². The molecule has 2 aromatic rings. The third-order valence-electron chi connectivity index (χ3n) is 2.81. The van der Waals surface area contributed by atoms with Crippen LogP contribution in [0.5, 0.6) is 5.75 Å². The van der Waals surface area contributed by atoms with Gasteiger partial charge in [0.25, 0.3) is 0 Å². The molecule has 2 aromatic carbocycles. The van der Waals surface area contributed by atoms with Gasteiger partial charge in [0, 0.05) is 11.2 Å². The Kier molecular flexibility index (Phi) is 5.23. The molecule has 1 atom stereocenters. The predicted molar refractivity (Wildman–Crippen MR) is 79.9 cm³/mol. The summed E-state index contributed by atoms with van der Waals surface area (Å²) in [4.78, 5) is 0. The van der Waals surface area contributed by atoms with Gasteiger partial charge in [0.05, 0.1) is 11.6 Å². The molecule has 4 heteroatoms. The number of rotatable bonds is 5. The SMILES string of the molecule is Fc1c(Cl)cccc1OCC(CBr)c1ccccc1. The number of alkyl halides is 1.